The summed E-state index contributed by atoms with van der Waals surface area (Å²) in [5, 5.41) is 2.94. The molecule has 4 rings (SSSR count). The fourth-order valence-electron chi connectivity index (χ4n) is 3.16. The molecule has 2 aromatic rings. The highest BCUT2D eigenvalue weighted by Gasteiger charge is 2.26. The third-order valence-electron chi connectivity index (χ3n) is 4.53. The number of halogens is 1. The number of hydrogen-bond acceptors (Lipinski definition) is 5. The highest BCUT2D eigenvalue weighted by Crippen LogP contribution is 2.34. The van der Waals surface area contributed by atoms with Gasteiger partial charge in [-0.3, -0.25) is 4.79 Å². The maximum absolute atomic E-state index is 13.2. The topological polar surface area (TPSA) is 63.7 Å². The van der Waals surface area contributed by atoms with Gasteiger partial charge in [-0.2, -0.15) is 4.39 Å². The van der Waals surface area contributed by atoms with Gasteiger partial charge in [-0.05, 0) is 37.1 Å². The molecule has 0 bridgehead atoms. The summed E-state index contributed by atoms with van der Waals surface area (Å²) in [6.45, 7) is 1.56. The zero-order valence-electron chi connectivity index (χ0n) is 13.6. The van der Waals surface area contributed by atoms with Crippen molar-refractivity contribution in [3.8, 4) is 11.5 Å². The lowest BCUT2D eigenvalue weighted by Gasteiger charge is -2.32. The van der Waals surface area contributed by atoms with Crippen LogP contribution >= 0.6 is 0 Å². The molecular weight excluding hydrogens is 325 g/mol. The van der Waals surface area contributed by atoms with Gasteiger partial charge in [-0.1, -0.05) is 6.07 Å². The SMILES string of the molecule is O=C(Nc1ccc2c(c1)OCO2)C1CCN(c2cccc(F)n2)CC1. The molecule has 1 aromatic heterocycles. The lowest BCUT2D eigenvalue weighted by atomic mass is 9.95. The first-order valence-electron chi connectivity index (χ1n) is 8.27. The zero-order valence-corrected chi connectivity index (χ0v) is 13.6. The first-order valence-corrected chi connectivity index (χ1v) is 8.27. The van der Waals surface area contributed by atoms with E-state index in [1.807, 2.05) is 4.90 Å². The number of benzene rings is 1. The van der Waals surface area contributed by atoms with E-state index in [1.54, 1.807) is 30.3 Å². The molecule has 1 saturated heterocycles. The molecule has 1 fully saturated rings. The number of hydrogen-bond donors (Lipinski definition) is 1. The first kappa shape index (κ1) is 15.7. The fourth-order valence-corrected chi connectivity index (χ4v) is 3.16. The van der Waals surface area contributed by atoms with E-state index in [9.17, 15) is 9.18 Å². The second-order valence-corrected chi connectivity index (χ2v) is 6.14. The number of carbonyl (C=O) groups excluding carboxylic acids is 1. The van der Waals surface area contributed by atoms with Crippen LogP contribution in [0.3, 0.4) is 0 Å². The van der Waals surface area contributed by atoms with Crippen molar-refractivity contribution >= 4 is 17.4 Å². The van der Waals surface area contributed by atoms with Crippen molar-refractivity contribution in [3.05, 3.63) is 42.3 Å². The number of carbonyl (C=O) groups is 1. The summed E-state index contributed by atoms with van der Waals surface area (Å²) in [5.74, 6) is 1.38. The molecule has 25 heavy (non-hydrogen) atoms. The Hall–Kier alpha value is -2.83. The first-order chi connectivity index (χ1) is 12.2. The number of nitrogens with zero attached hydrogens (tertiary/aromatic N) is 2. The van der Waals surface area contributed by atoms with Crippen molar-refractivity contribution in [1.82, 2.24) is 4.98 Å². The molecule has 0 unspecified atom stereocenters. The largest absolute Gasteiger partial charge is 0.454 e. The van der Waals surface area contributed by atoms with Crippen LogP contribution < -0.4 is 19.7 Å². The van der Waals surface area contributed by atoms with Crippen LogP contribution in [0.4, 0.5) is 15.9 Å². The number of nitrogens with one attached hydrogen (secondary N) is 1. The maximum atomic E-state index is 13.2. The Balaban J connectivity index is 1.35. The molecule has 130 valence electrons. The summed E-state index contributed by atoms with van der Waals surface area (Å²) in [6, 6.07) is 10.1. The number of aromatic nitrogens is 1. The molecule has 1 N–H and O–H groups in total. The van der Waals surface area contributed by atoms with Crippen molar-refractivity contribution in [3.63, 3.8) is 0 Å². The Morgan fingerprint density at radius 1 is 1.16 bits per heavy atom. The van der Waals surface area contributed by atoms with Crippen molar-refractivity contribution < 1.29 is 18.7 Å². The summed E-state index contributed by atoms with van der Waals surface area (Å²) >= 11 is 0. The summed E-state index contributed by atoms with van der Waals surface area (Å²) in [6.07, 6.45) is 1.41. The van der Waals surface area contributed by atoms with Gasteiger partial charge >= 0.3 is 0 Å². The van der Waals surface area contributed by atoms with Crippen LogP contribution in [0.15, 0.2) is 36.4 Å². The molecule has 0 atom stereocenters. The third-order valence-corrected chi connectivity index (χ3v) is 4.53. The minimum Gasteiger partial charge on any atom is -0.454 e. The number of fused-ring (bicyclic) bond motifs is 1. The number of rotatable bonds is 3. The number of pyridine rings is 1. The van der Waals surface area contributed by atoms with E-state index >= 15 is 0 Å². The molecule has 0 radical (unpaired) electrons. The van der Waals surface area contributed by atoms with Crippen molar-refractivity contribution in [1.29, 1.82) is 0 Å². The number of amides is 1. The van der Waals surface area contributed by atoms with E-state index in [0.717, 1.165) is 0 Å². The molecular formula is C18H18FN3O3. The van der Waals surface area contributed by atoms with Gasteiger partial charge in [0, 0.05) is 30.8 Å². The van der Waals surface area contributed by atoms with Crippen LogP contribution in [0.2, 0.25) is 0 Å². The van der Waals surface area contributed by atoms with Gasteiger partial charge < -0.3 is 19.7 Å². The van der Waals surface area contributed by atoms with Gasteiger partial charge in [0.05, 0.1) is 0 Å². The standard InChI is InChI=1S/C18H18FN3O3/c19-16-2-1-3-17(21-16)22-8-6-12(7-9-22)18(23)20-13-4-5-14-15(10-13)25-11-24-14/h1-5,10,12H,6-9,11H2,(H,20,23). The molecule has 2 aliphatic heterocycles. The van der Waals surface area contributed by atoms with Crippen LogP contribution in [-0.2, 0) is 4.79 Å². The summed E-state index contributed by atoms with van der Waals surface area (Å²) in [4.78, 5) is 18.4. The molecule has 6 nitrogen and oxygen atoms in total. The molecule has 0 saturated carbocycles. The minimum atomic E-state index is -0.486. The Morgan fingerprint density at radius 3 is 2.76 bits per heavy atom. The van der Waals surface area contributed by atoms with Gasteiger partial charge in [-0.15, -0.1) is 0 Å². The summed E-state index contributed by atoms with van der Waals surface area (Å²) < 4.78 is 23.8. The molecule has 7 heteroatoms. The highest BCUT2D eigenvalue weighted by atomic mass is 19.1. The Labute approximate surface area is 144 Å². The van der Waals surface area contributed by atoms with Gasteiger partial charge in [0.25, 0.3) is 0 Å². The van der Waals surface area contributed by atoms with E-state index in [4.69, 9.17) is 9.47 Å². The Bertz CT molecular complexity index is 791. The number of piperidine rings is 1. The highest BCUT2D eigenvalue weighted by molar-refractivity contribution is 5.93. The molecule has 1 aromatic carbocycles. The molecule has 2 aliphatic rings. The van der Waals surface area contributed by atoms with Crippen LogP contribution in [0, 0.1) is 11.9 Å². The summed E-state index contributed by atoms with van der Waals surface area (Å²) in [5.41, 5.74) is 0.698. The average molecular weight is 343 g/mol. The van der Waals surface area contributed by atoms with Crippen LogP contribution in [0.1, 0.15) is 12.8 Å². The normalized spacial score (nSPS) is 16.8. The third kappa shape index (κ3) is 3.35. The lowest BCUT2D eigenvalue weighted by molar-refractivity contribution is -0.120. The second kappa shape index (κ2) is 6.58. The predicted octanol–water partition coefficient (Wildman–Crippen LogP) is 2.80. The smallest absolute Gasteiger partial charge is 0.231 e. The van der Waals surface area contributed by atoms with Gasteiger partial charge in [0.2, 0.25) is 18.6 Å². The van der Waals surface area contributed by atoms with Crippen LogP contribution in [0.5, 0.6) is 11.5 Å². The number of ether oxygens (including phenoxy) is 2. The Kier molecular flexibility index (Phi) is 4.13. The van der Waals surface area contributed by atoms with E-state index in [-0.39, 0.29) is 18.6 Å². The van der Waals surface area contributed by atoms with Gasteiger partial charge in [-0.25, -0.2) is 4.98 Å². The van der Waals surface area contributed by atoms with Crippen molar-refractivity contribution in [2.24, 2.45) is 5.92 Å². The fraction of sp³-hybridized carbons (Fsp3) is 0.333. The minimum absolute atomic E-state index is 0.00860. The zero-order chi connectivity index (χ0) is 17.2. The average Bonchev–Trinajstić information content (AvgIpc) is 3.09. The molecule has 3 heterocycles. The van der Waals surface area contributed by atoms with Crippen LogP contribution in [0.25, 0.3) is 0 Å². The quantitative estimate of drug-likeness (QED) is 0.868. The number of anilines is 2. The summed E-state index contributed by atoms with van der Waals surface area (Å²) in [7, 11) is 0. The van der Waals surface area contributed by atoms with E-state index in [2.05, 4.69) is 10.3 Å². The van der Waals surface area contributed by atoms with E-state index < -0.39 is 5.95 Å². The van der Waals surface area contributed by atoms with E-state index in [1.165, 1.54) is 6.07 Å². The van der Waals surface area contributed by atoms with Gasteiger partial charge in [0.15, 0.2) is 11.5 Å². The predicted molar refractivity (Wildman–Crippen MR) is 90.3 cm³/mol. The second-order valence-electron chi connectivity index (χ2n) is 6.14. The molecule has 1 amide bonds. The van der Waals surface area contributed by atoms with Crippen molar-refractivity contribution in [2.45, 2.75) is 12.8 Å². The maximum Gasteiger partial charge on any atom is 0.231 e. The monoisotopic (exact) mass is 343 g/mol. The Morgan fingerprint density at radius 2 is 1.96 bits per heavy atom. The van der Waals surface area contributed by atoms with E-state index in [0.29, 0.717) is 48.9 Å². The molecule has 0 aliphatic carbocycles. The van der Waals surface area contributed by atoms with Gasteiger partial charge in [0.1, 0.15) is 5.82 Å². The van der Waals surface area contributed by atoms with Crippen LogP contribution in [-0.4, -0.2) is 30.8 Å². The lowest BCUT2D eigenvalue weighted by Crippen LogP contribution is -2.38. The molecule has 0 spiro atoms. The van der Waals surface area contributed by atoms with Crippen molar-refractivity contribution in [2.75, 3.05) is 30.1 Å².